The first-order valence-electron chi connectivity index (χ1n) is 6.80. The van der Waals surface area contributed by atoms with E-state index >= 15 is 0 Å². The smallest absolute Gasteiger partial charge is 0.222 e. The van der Waals surface area contributed by atoms with E-state index < -0.39 is 0 Å². The fraction of sp³-hybridized carbons (Fsp3) is 0.923. The SMILES string of the molecule is CN1C(=O)CCC12CCN([C@H]1CCSC1)CC2. The van der Waals surface area contributed by atoms with Gasteiger partial charge in [-0.15, -0.1) is 0 Å². The normalized spacial score (nSPS) is 33.8. The van der Waals surface area contributed by atoms with E-state index in [2.05, 4.69) is 16.7 Å². The molecule has 1 spiro atoms. The quantitative estimate of drug-likeness (QED) is 0.710. The van der Waals surface area contributed by atoms with E-state index in [4.69, 9.17) is 0 Å². The van der Waals surface area contributed by atoms with Crippen molar-refractivity contribution in [1.82, 2.24) is 9.80 Å². The van der Waals surface area contributed by atoms with Crippen molar-refractivity contribution < 1.29 is 4.79 Å². The Hall–Kier alpha value is -0.220. The van der Waals surface area contributed by atoms with Gasteiger partial charge in [0.05, 0.1) is 0 Å². The summed E-state index contributed by atoms with van der Waals surface area (Å²) in [5.74, 6) is 3.02. The van der Waals surface area contributed by atoms with E-state index in [9.17, 15) is 4.79 Å². The lowest BCUT2D eigenvalue weighted by molar-refractivity contribution is -0.130. The van der Waals surface area contributed by atoms with Crippen LogP contribution in [0.5, 0.6) is 0 Å². The Bertz CT molecular complexity index is 307. The van der Waals surface area contributed by atoms with Gasteiger partial charge in [-0.3, -0.25) is 9.69 Å². The molecule has 1 atom stereocenters. The average Bonchev–Trinajstić information content (AvgIpc) is 2.96. The summed E-state index contributed by atoms with van der Waals surface area (Å²) in [5.41, 5.74) is 0.222. The average molecular weight is 254 g/mol. The molecule has 3 heterocycles. The van der Waals surface area contributed by atoms with Crippen molar-refractivity contribution in [2.45, 2.75) is 43.7 Å². The van der Waals surface area contributed by atoms with E-state index in [1.165, 1.54) is 43.9 Å². The van der Waals surface area contributed by atoms with E-state index in [-0.39, 0.29) is 5.54 Å². The molecule has 3 saturated heterocycles. The molecule has 96 valence electrons. The van der Waals surface area contributed by atoms with Crippen molar-refractivity contribution in [3.8, 4) is 0 Å². The minimum atomic E-state index is 0.222. The van der Waals surface area contributed by atoms with Crippen LogP contribution in [0.15, 0.2) is 0 Å². The molecular formula is C13H22N2OS. The minimum absolute atomic E-state index is 0.222. The lowest BCUT2D eigenvalue weighted by atomic mass is 9.84. The van der Waals surface area contributed by atoms with E-state index in [1.807, 2.05) is 11.9 Å². The van der Waals surface area contributed by atoms with Crippen LogP contribution in [0.2, 0.25) is 0 Å². The second-order valence-electron chi connectivity index (χ2n) is 5.73. The first-order chi connectivity index (χ1) is 8.21. The molecule has 3 aliphatic heterocycles. The first-order valence-corrected chi connectivity index (χ1v) is 7.95. The molecule has 0 radical (unpaired) electrons. The van der Waals surface area contributed by atoms with Crippen LogP contribution in [0.4, 0.5) is 0 Å². The molecule has 1 amide bonds. The van der Waals surface area contributed by atoms with Gasteiger partial charge in [-0.05, 0) is 31.4 Å². The van der Waals surface area contributed by atoms with Crippen molar-refractivity contribution >= 4 is 17.7 Å². The molecule has 0 aromatic carbocycles. The fourth-order valence-corrected chi connectivity index (χ4v) is 4.90. The number of rotatable bonds is 1. The molecule has 0 N–H and O–H groups in total. The number of carbonyl (C=O) groups excluding carboxylic acids is 1. The summed E-state index contributed by atoms with van der Waals surface area (Å²) in [6.45, 7) is 2.39. The van der Waals surface area contributed by atoms with Gasteiger partial charge in [0.15, 0.2) is 0 Å². The third kappa shape index (κ3) is 1.99. The predicted octanol–water partition coefficient (Wildman–Crippen LogP) is 1.58. The second kappa shape index (κ2) is 4.47. The van der Waals surface area contributed by atoms with Gasteiger partial charge in [-0.2, -0.15) is 11.8 Å². The third-order valence-electron chi connectivity index (χ3n) is 5.04. The molecule has 4 heteroatoms. The van der Waals surface area contributed by atoms with Crippen LogP contribution in [0, 0.1) is 0 Å². The summed E-state index contributed by atoms with van der Waals surface area (Å²) >= 11 is 2.09. The summed E-state index contributed by atoms with van der Waals surface area (Å²) in [4.78, 5) is 16.4. The Morgan fingerprint density at radius 1 is 1.29 bits per heavy atom. The Balaban J connectivity index is 1.62. The van der Waals surface area contributed by atoms with Crippen molar-refractivity contribution in [3.63, 3.8) is 0 Å². The Morgan fingerprint density at radius 2 is 2.06 bits per heavy atom. The van der Waals surface area contributed by atoms with Crippen LogP contribution in [0.25, 0.3) is 0 Å². The van der Waals surface area contributed by atoms with Crippen LogP contribution >= 0.6 is 11.8 Å². The summed E-state index contributed by atoms with van der Waals surface area (Å²) in [5, 5.41) is 0. The standard InChI is InChI=1S/C13H22N2OS/c1-14-12(16)2-4-13(14)5-7-15(8-6-13)11-3-9-17-10-11/h11H,2-10H2,1H3/t11-/m0/s1. The largest absolute Gasteiger partial charge is 0.340 e. The van der Waals surface area contributed by atoms with Crippen LogP contribution < -0.4 is 0 Å². The minimum Gasteiger partial charge on any atom is -0.340 e. The molecule has 3 aliphatic rings. The first kappa shape index (κ1) is 11.8. The monoisotopic (exact) mass is 254 g/mol. The number of hydrogen-bond acceptors (Lipinski definition) is 3. The highest BCUT2D eigenvalue weighted by Gasteiger charge is 2.45. The number of likely N-dealkylation sites (tertiary alicyclic amines) is 2. The van der Waals surface area contributed by atoms with Crippen LogP contribution in [0.3, 0.4) is 0 Å². The zero-order chi connectivity index (χ0) is 11.9. The highest BCUT2D eigenvalue weighted by molar-refractivity contribution is 7.99. The van der Waals surface area contributed by atoms with Gasteiger partial charge in [0.25, 0.3) is 0 Å². The number of nitrogens with zero attached hydrogens (tertiary/aromatic N) is 2. The number of piperidine rings is 1. The summed E-state index contributed by atoms with van der Waals surface area (Å²) in [6, 6.07) is 0.819. The molecule has 0 aromatic heterocycles. The van der Waals surface area contributed by atoms with E-state index in [0.29, 0.717) is 5.91 Å². The highest BCUT2D eigenvalue weighted by Crippen LogP contribution is 2.39. The van der Waals surface area contributed by atoms with Gasteiger partial charge in [-0.25, -0.2) is 0 Å². The molecule has 0 aliphatic carbocycles. The van der Waals surface area contributed by atoms with Crippen molar-refractivity contribution in [2.24, 2.45) is 0 Å². The maximum atomic E-state index is 11.7. The molecule has 0 saturated carbocycles. The number of thioether (sulfide) groups is 1. The molecule has 3 nitrogen and oxygen atoms in total. The van der Waals surface area contributed by atoms with Crippen LogP contribution in [-0.4, -0.2) is 58.9 Å². The number of carbonyl (C=O) groups is 1. The van der Waals surface area contributed by atoms with Crippen molar-refractivity contribution in [2.75, 3.05) is 31.6 Å². The van der Waals surface area contributed by atoms with Crippen molar-refractivity contribution in [1.29, 1.82) is 0 Å². The van der Waals surface area contributed by atoms with Gasteiger partial charge in [0.1, 0.15) is 0 Å². The van der Waals surface area contributed by atoms with Crippen LogP contribution in [0.1, 0.15) is 32.1 Å². The molecule has 3 rings (SSSR count). The third-order valence-corrected chi connectivity index (χ3v) is 6.19. The lowest BCUT2D eigenvalue weighted by Crippen LogP contribution is -2.53. The van der Waals surface area contributed by atoms with Crippen LogP contribution in [-0.2, 0) is 4.79 Å². The van der Waals surface area contributed by atoms with Gasteiger partial charge in [-0.1, -0.05) is 0 Å². The summed E-state index contributed by atoms with van der Waals surface area (Å²) in [7, 11) is 2.01. The van der Waals surface area contributed by atoms with Crippen molar-refractivity contribution in [3.05, 3.63) is 0 Å². The topological polar surface area (TPSA) is 23.6 Å². The van der Waals surface area contributed by atoms with Gasteiger partial charge < -0.3 is 4.90 Å². The Morgan fingerprint density at radius 3 is 2.59 bits per heavy atom. The molecule has 0 aromatic rings. The zero-order valence-corrected chi connectivity index (χ0v) is 11.5. The Kier molecular flexibility index (Phi) is 3.11. The van der Waals surface area contributed by atoms with E-state index in [0.717, 1.165) is 18.9 Å². The number of hydrogen-bond donors (Lipinski definition) is 0. The molecule has 0 unspecified atom stereocenters. The fourth-order valence-electron chi connectivity index (χ4n) is 3.64. The summed E-state index contributed by atoms with van der Waals surface area (Å²) in [6.07, 6.45) is 5.62. The van der Waals surface area contributed by atoms with Gasteiger partial charge >= 0.3 is 0 Å². The summed E-state index contributed by atoms with van der Waals surface area (Å²) < 4.78 is 0. The molecular weight excluding hydrogens is 232 g/mol. The molecule has 0 bridgehead atoms. The van der Waals surface area contributed by atoms with E-state index in [1.54, 1.807) is 0 Å². The molecule has 3 fully saturated rings. The second-order valence-corrected chi connectivity index (χ2v) is 6.88. The predicted molar refractivity (Wildman–Crippen MR) is 71.3 cm³/mol. The maximum Gasteiger partial charge on any atom is 0.222 e. The van der Waals surface area contributed by atoms with Gasteiger partial charge in [0, 0.05) is 43.9 Å². The highest BCUT2D eigenvalue weighted by atomic mass is 32.2. The van der Waals surface area contributed by atoms with Gasteiger partial charge in [0.2, 0.25) is 5.91 Å². The Labute approximate surface area is 108 Å². The number of amides is 1. The zero-order valence-electron chi connectivity index (χ0n) is 10.7. The lowest BCUT2D eigenvalue weighted by Gasteiger charge is -2.45. The maximum absolute atomic E-state index is 11.7. The molecule has 17 heavy (non-hydrogen) atoms.